The van der Waals surface area contributed by atoms with E-state index in [-0.39, 0.29) is 5.75 Å². The summed E-state index contributed by atoms with van der Waals surface area (Å²) in [7, 11) is 2.06. The van der Waals surface area contributed by atoms with Gasteiger partial charge in [-0.1, -0.05) is 37.3 Å². The van der Waals surface area contributed by atoms with Crippen molar-refractivity contribution < 1.29 is 9.90 Å². The number of carbonyl (C=O) groups is 1. The fourth-order valence-corrected chi connectivity index (χ4v) is 6.34. The first-order valence-corrected chi connectivity index (χ1v) is 16.2. The van der Waals surface area contributed by atoms with Crippen LogP contribution in [-0.4, -0.2) is 62.0 Å². The number of allylic oxidation sites excluding steroid dienone is 4. The van der Waals surface area contributed by atoms with Crippen LogP contribution in [0.25, 0.3) is 33.8 Å². The monoisotopic (exact) mass is 627 g/mol. The van der Waals surface area contributed by atoms with Gasteiger partial charge in [0.15, 0.2) is 17.8 Å². The number of nitrogens with zero attached hydrogens (tertiary/aromatic N) is 6. The number of hydrogen-bond donors (Lipinski definition) is 2. The number of fused-ring (bicyclic) bond motifs is 1. The van der Waals surface area contributed by atoms with E-state index in [9.17, 15) is 9.90 Å². The first-order valence-electron chi connectivity index (χ1n) is 16.2. The lowest BCUT2D eigenvalue weighted by molar-refractivity contribution is 0.112. The van der Waals surface area contributed by atoms with Gasteiger partial charge in [-0.15, -0.1) is 0 Å². The van der Waals surface area contributed by atoms with Crippen molar-refractivity contribution in [3.05, 3.63) is 108 Å². The molecule has 9 heteroatoms. The average Bonchev–Trinajstić information content (AvgIpc) is 3.47. The van der Waals surface area contributed by atoms with Gasteiger partial charge in [0.25, 0.3) is 0 Å². The number of phenolic OH excluding ortho intramolecular Hbond substituents is 1. The minimum Gasteiger partial charge on any atom is -0.507 e. The maximum atomic E-state index is 11.1. The number of aromatic hydroxyl groups is 1. The lowest BCUT2D eigenvalue weighted by atomic mass is 10.0. The third-order valence-corrected chi connectivity index (χ3v) is 8.90. The van der Waals surface area contributed by atoms with Gasteiger partial charge in [-0.25, -0.2) is 15.0 Å². The molecule has 3 aromatic heterocycles. The van der Waals surface area contributed by atoms with Gasteiger partial charge in [0.2, 0.25) is 0 Å². The summed E-state index contributed by atoms with van der Waals surface area (Å²) in [5.41, 5.74) is 14.0. The Kier molecular flexibility index (Phi) is 9.45. The Morgan fingerprint density at radius 2 is 1.85 bits per heavy atom. The number of imidazole rings is 1. The molecule has 0 aliphatic carbocycles. The van der Waals surface area contributed by atoms with Crippen molar-refractivity contribution >= 4 is 34.5 Å². The van der Waals surface area contributed by atoms with E-state index in [1.165, 1.54) is 5.56 Å². The molecule has 0 atom stereocenters. The molecule has 0 unspecified atom stereocenters. The zero-order valence-electron chi connectivity index (χ0n) is 27.2. The van der Waals surface area contributed by atoms with Crippen LogP contribution in [0.5, 0.6) is 5.75 Å². The van der Waals surface area contributed by atoms with Gasteiger partial charge in [-0.3, -0.25) is 14.3 Å². The van der Waals surface area contributed by atoms with E-state index in [4.69, 9.17) is 15.7 Å². The topological polar surface area (TPSA) is 113 Å². The predicted molar refractivity (Wildman–Crippen MR) is 190 cm³/mol. The van der Waals surface area contributed by atoms with Crippen LogP contribution in [-0.2, 0) is 6.54 Å². The van der Waals surface area contributed by atoms with Crippen LogP contribution in [0.3, 0.4) is 0 Å². The molecule has 240 valence electrons. The van der Waals surface area contributed by atoms with E-state index >= 15 is 0 Å². The highest BCUT2D eigenvalue weighted by Crippen LogP contribution is 2.32. The molecule has 3 N–H and O–H groups in total. The van der Waals surface area contributed by atoms with Crippen LogP contribution in [0, 0.1) is 0 Å². The summed E-state index contributed by atoms with van der Waals surface area (Å²) in [6.45, 7) is 6.94. The summed E-state index contributed by atoms with van der Waals surface area (Å²) in [6, 6.07) is 22.1. The average molecular weight is 628 g/mol. The van der Waals surface area contributed by atoms with Crippen LogP contribution >= 0.6 is 0 Å². The number of pyridine rings is 2. The number of aromatic nitrogens is 4. The maximum Gasteiger partial charge on any atom is 0.165 e. The predicted octanol–water partition coefficient (Wildman–Crippen LogP) is 7.05. The van der Waals surface area contributed by atoms with Gasteiger partial charge < -0.3 is 15.7 Å². The SMILES string of the molecule is C/C=C\C(=C/CC)c1ccc2nc(-c3cccnc3N)n(-c3ccc(CN4CCC(N(C)c5ccc(C=O)c(O)c5)CC4)cc3)c2n1. The highest BCUT2D eigenvalue weighted by atomic mass is 16.3. The molecular weight excluding hydrogens is 586 g/mol. The van der Waals surface area contributed by atoms with E-state index in [0.29, 0.717) is 29.5 Å². The van der Waals surface area contributed by atoms with Crippen molar-refractivity contribution in [1.29, 1.82) is 0 Å². The van der Waals surface area contributed by atoms with E-state index < -0.39 is 0 Å². The molecular formula is C38H41N7O2. The number of likely N-dealkylation sites (tertiary alicyclic amines) is 1. The van der Waals surface area contributed by atoms with Gasteiger partial charge >= 0.3 is 0 Å². The highest BCUT2D eigenvalue weighted by molar-refractivity contribution is 5.85. The van der Waals surface area contributed by atoms with Gasteiger partial charge in [-0.05, 0) is 85.9 Å². The Balaban J connectivity index is 1.23. The van der Waals surface area contributed by atoms with Crippen LogP contribution in [0.4, 0.5) is 11.5 Å². The fraction of sp³-hybridized carbons (Fsp3) is 0.263. The first kappa shape index (κ1) is 31.7. The summed E-state index contributed by atoms with van der Waals surface area (Å²) in [4.78, 5) is 30.2. The minimum atomic E-state index is 0.0212. The van der Waals surface area contributed by atoms with E-state index in [1.807, 2.05) is 43.3 Å². The molecule has 4 heterocycles. The third-order valence-electron chi connectivity index (χ3n) is 8.90. The number of aldehydes is 1. The molecule has 1 aliphatic heterocycles. The second kappa shape index (κ2) is 14.0. The van der Waals surface area contributed by atoms with Crippen molar-refractivity contribution in [3.8, 4) is 22.8 Å². The Hall–Kier alpha value is -5.28. The van der Waals surface area contributed by atoms with Crippen molar-refractivity contribution in [1.82, 2.24) is 24.4 Å². The van der Waals surface area contributed by atoms with E-state index in [1.54, 1.807) is 18.3 Å². The van der Waals surface area contributed by atoms with Gasteiger partial charge in [-0.2, -0.15) is 0 Å². The Morgan fingerprint density at radius 1 is 1.06 bits per heavy atom. The van der Waals surface area contributed by atoms with Crippen LogP contribution in [0.15, 0.2) is 91.2 Å². The van der Waals surface area contributed by atoms with Crippen molar-refractivity contribution in [3.63, 3.8) is 0 Å². The summed E-state index contributed by atoms with van der Waals surface area (Å²) in [5, 5.41) is 10.1. The molecule has 6 rings (SSSR count). The number of phenols is 1. The molecule has 5 aromatic rings. The molecule has 1 saturated heterocycles. The van der Waals surface area contributed by atoms with E-state index in [2.05, 4.69) is 69.7 Å². The molecule has 47 heavy (non-hydrogen) atoms. The van der Waals surface area contributed by atoms with Crippen LogP contribution < -0.4 is 10.6 Å². The summed E-state index contributed by atoms with van der Waals surface area (Å²) >= 11 is 0. The molecule has 1 aliphatic rings. The van der Waals surface area contributed by atoms with Crippen molar-refractivity contribution in [2.45, 2.75) is 45.7 Å². The number of carbonyl (C=O) groups excluding carboxylic acids is 1. The molecule has 0 saturated carbocycles. The number of anilines is 2. The summed E-state index contributed by atoms with van der Waals surface area (Å²) in [6.07, 6.45) is 11.6. The largest absolute Gasteiger partial charge is 0.507 e. The van der Waals surface area contributed by atoms with Gasteiger partial charge in [0.05, 0.1) is 16.8 Å². The number of nitrogen functional groups attached to an aromatic ring is 1. The third kappa shape index (κ3) is 6.66. The number of hydrogen-bond acceptors (Lipinski definition) is 8. The second-order valence-electron chi connectivity index (χ2n) is 12.0. The molecule has 1 fully saturated rings. The van der Waals surface area contributed by atoms with Crippen LogP contribution in [0.1, 0.15) is 54.7 Å². The standard InChI is InChI=1S/C38H41N7O2/c1-4-7-27(8-5-2)33-16-17-34-38(41-33)45(37(42-34)32-9-6-20-40-36(32)39)30-13-10-26(11-14-30)24-44-21-18-29(19-22-44)43(3)31-15-12-28(25-46)35(47)23-31/h4,6-17,20,23,25,29,47H,5,18-19,21-22,24H2,1-3H3,(H2,39,40)/b7-4-,27-8+. The van der Waals surface area contributed by atoms with Gasteiger partial charge in [0.1, 0.15) is 17.1 Å². The summed E-state index contributed by atoms with van der Waals surface area (Å²) in [5.74, 6) is 1.15. The normalized spacial score (nSPS) is 14.7. The van der Waals surface area contributed by atoms with Crippen molar-refractivity contribution in [2.24, 2.45) is 0 Å². The molecule has 0 bridgehead atoms. The smallest absolute Gasteiger partial charge is 0.165 e. The Morgan fingerprint density at radius 3 is 2.53 bits per heavy atom. The zero-order valence-corrected chi connectivity index (χ0v) is 27.2. The zero-order chi connectivity index (χ0) is 32.9. The minimum absolute atomic E-state index is 0.0212. The van der Waals surface area contributed by atoms with Crippen molar-refractivity contribution in [2.75, 3.05) is 30.8 Å². The van der Waals surface area contributed by atoms with E-state index in [0.717, 1.165) is 78.3 Å². The number of piperidine rings is 1. The second-order valence-corrected chi connectivity index (χ2v) is 12.0. The highest BCUT2D eigenvalue weighted by Gasteiger charge is 2.24. The lowest BCUT2D eigenvalue weighted by Gasteiger charge is -2.38. The maximum absolute atomic E-state index is 11.1. The number of rotatable bonds is 10. The Bertz CT molecular complexity index is 1940. The Labute approximate surface area is 275 Å². The van der Waals surface area contributed by atoms with Crippen LogP contribution in [0.2, 0.25) is 0 Å². The fourth-order valence-electron chi connectivity index (χ4n) is 6.34. The lowest BCUT2D eigenvalue weighted by Crippen LogP contribution is -2.43. The number of nitrogens with two attached hydrogens (primary N) is 1. The first-order chi connectivity index (χ1) is 22.9. The van der Waals surface area contributed by atoms with Gasteiger partial charge in [0, 0.05) is 56.4 Å². The molecule has 0 spiro atoms. The quantitative estimate of drug-likeness (QED) is 0.125. The number of benzene rings is 2. The molecule has 0 radical (unpaired) electrons. The molecule has 2 aromatic carbocycles. The molecule has 9 nitrogen and oxygen atoms in total. The molecule has 0 amide bonds. The summed E-state index contributed by atoms with van der Waals surface area (Å²) < 4.78 is 2.08.